The molecule has 2 atom stereocenters. The lowest BCUT2D eigenvalue weighted by molar-refractivity contribution is 0.638. The minimum atomic E-state index is 0.242. The van der Waals surface area contributed by atoms with Crippen LogP contribution in [0.3, 0.4) is 0 Å². The molecule has 0 aliphatic heterocycles. The maximum Gasteiger partial charge on any atom is 0.160 e. The van der Waals surface area contributed by atoms with Crippen LogP contribution < -0.4 is 0 Å². The van der Waals surface area contributed by atoms with Crippen LogP contribution in [0.1, 0.15) is 18.4 Å². The predicted molar refractivity (Wildman–Crippen MR) is 206 cm³/mol. The highest BCUT2D eigenvalue weighted by molar-refractivity contribution is 6.00. The Morgan fingerprint density at radius 1 is 0.580 bits per heavy atom. The van der Waals surface area contributed by atoms with Gasteiger partial charge in [-0.05, 0) is 57.7 Å². The number of hydrogen-bond acceptors (Lipinski definition) is 3. The van der Waals surface area contributed by atoms with Crippen molar-refractivity contribution in [3.05, 3.63) is 182 Å². The average molecular weight is 643 g/mol. The van der Waals surface area contributed by atoms with Crippen LogP contribution in [0, 0.1) is 5.92 Å². The molecular weight excluding hydrogens is 609 g/mol. The predicted octanol–water partition coefficient (Wildman–Crippen LogP) is 11.5. The molecule has 0 N–H and O–H groups in total. The van der Waals surface area contributed by atoms with Crippen LogP contribution in [0.5, 0.6) is 0 Å². The van der Waals surface area contributed by atoms with E-state index in [-0.39, 0.29) is 5.92 Å². The molecule has 9 rings (SSSR count). The molecule has 50 heavy (non-hydrogen) atoms. The van der Waals surface area contributed by atoms with Crippen LogP contribution in [0.25, 0.3) is 72.5 Å². The lowest BCUT2D eigenvalue weighted by atomic mass is 9.80. The van der Waals surface area contributed by atoms with Crippen LogP contribution in [0.2, 0.25) is 0 Å². The Kier molecular flexibility index (Phi) is 7.47. The first-order chi connectivity index (χ1) is 24.7. The van der Waals surface area contributed by atoms with E-state index < -0.39 is 0 Å². The van der Waals surface area contributed by atoms with Gasteiger partial charge in [-0.15, -0.1) is 0 Å². The van der Waals surface area contributed by atoms with Crippen molar-refractivity contribution >= 4 is 27.5 Å². The number of rotatable bonds is 6. The summed E-state index contributed by atoms with van der Waals surface area (Å²) in [4.78, 5) is 14.6. The molecule has 4 nitrogen and oxygen atoms in total. The van der Waals surface area contributed by atoms with E-state index in [1.165, 1.54) is 27.5 Å². The van der Waals surface area contributed by atoms with Gasteiger partial charge in [-0.3, -0.25) is 4.57 Å². The number of para-hydroxylation sites is 2. The average Bonchev–Trinajstić information content (AvgIpc) is 3.62. The minimum absolute atomic E-state index is 0.242. The van der Waals surface area contributed by atoms with E-state index in [0.29, 0.717) is 5.92 Å². The molecule has 8 aromatic rings. The normalized spacial score (nSPS) is 15.7. The van der Waals surface area contributed by atoms with Crippen LogP contribution in [-0.2, 0) is 0 Å². The highest BCUT2D eigenvalue weighted by Crippen LogP contribution is 2.41. The summed E-state index contributed by atoms with van der Waals surface area (Å²) in [5, 5.41) is 2.55. The zero-order valence-electron chi connectivity index (χ0n) is 27.7. The van der Waals surface area contributed by atoms with Crippen LogP contribution in [0.15, 0.2) is 176 Å². The number of fused-ring (bicyclic) bond motifs is 2. The largest absolute Gasteiger partial charge is 0.299 e. The van der Waals surface area contributed by atoms with E-state index in [1.54, 1.807) is 0 Å². The van der Waals surface area contributed by atoms with Crippen molar-refractivity contribution in [2.24, 2.45) is 5.92 Å². The summed E-state index contributed by atoms with van der Waals surface area (Å²) in [6, 6.07) is 53.1. The molecule has 1 aliphatic carbocycles. The first-order valence-corrected chi connectivity index (χ1v) is 17.1. The van der Waals surface area contributed by atoms with Crippen molar-refractivity contribution in [3.63, 3.8) is 0 Å². The summed E-state index contributed by atoms with van der Waals surface area (Å²) in [6.07, 6.45) is 8.93. The molecule has 2 unspecified atom stereocenters. The third kappa shape index (κ3) is 5.41. The first-order valence-electron chi connectivity index (χ1n) is 17.1. The Hall–Kier alpha value is -6.39. The van der Waals surface area contributed by atoms with Gasteiger partial charge in [0, 0.05) is 28.3 Å². The molecule has 0 saturated heterocycles. The third-order valence-electron chi connectivity index (χ3n) is 9.82. The number of aromatic nitrogens is 4. The van der Waals surface area contributed by atoms with Crippen LogP contribution in [0.4, 0.5) is 0 Å². The Morgan fingerprint density at radius 3 is 1.96 bits per heavy atom. The van der Waals surface area contributed by atoms with Crippen molar-refractivity contribution in [3.8, 4) is 45.0 Å². The fourth-order valence-corrected chi connectivity index (χ4v) is 7.30. The second-order valence-electron chi connectivity index (χ2n) is 13.0. The van der Waals surface area contributed by atoms with E-state index in [4.69, 9.17) is 9.97 Å². The molecule has 2 aromatic heterocycles. The molecule has 0 radical (unpaired) electrons. The van der Waals surface area contributed by atoms with Crippen molar-refractivity contribution in [2.75, 3.05) is 0 Å². The summed E-state index contributed by atoms with van der Waals surface area (Å²) >= 11 is 0. The fraction of sp³-hybridized carbons (Fsp3) is 0.0652. The van der Waals surface area contributed by atoms with Gasteiger partial charge in [-0.25, -0.2) is 15.0 Å². The van der Waals surface area contributed by atoms with Crippen molar-refractivity contribution < 1.29 is 0 Å². The Bertz CT molecular complexity index is 2480. The standard InChI is InChI=1S/C46H34N4/c1-31-28-37(50-30-47-41-20-8-9-21-44(41)50)26-27-38(31)40-19-11-17-35-16-10-18-39(45(35)40)32-22-24-34(25-23-32)43-29-42(33-12-4-2-5-13-33)48-46(49-43)36-14-6-3-7-15-36/h2-31,38H,1H3. The number of imidazole rings is 1. The van der Waals surface area contributed by atoms with E-state index in [0.717, 1.165) is 50.6 Å². The van der Waals surface area contributed by atoms with E-state index in [2.05, 4.69) is 144 Å². The SMILES string of the molecule is CC1C=C(n2cnc3ccccc32)C=CC1c1cccc2cccc(-c3ccc(-c4cc(-c5ccccc5)nc(-c5ccccc5)n4)cc3)c12. The molecule has 1 aliphatic rings. The molecule has 0 fully saturated rings. The van der Waals surface area contributed by atoms with Crippen molar-refractivity contribution in [2.45, 2.75) is 12.8 Å². The van der Waals surface area contributed by atoms with Gasteiger partial charge in [0.1, 0.15) is 6.33 Å². The second kappa shape index (κ2) is 12.6. The summed E-state index contributed by atoms with van der Waals surface area (Å²) < 4.78 is 2.19. The van der Waals surface area contributed by atoms with Crippen LogP contribution >= 0.6 is 0 Å². The topological polar surface area (TPSA) is 43.6 Å². The lowest BCUT2D eigenvalue weighted by Crippen LogP contribution is -2.11. The van der Waals surface area contributed by atoms with Gasteiger partial charge >= 0.3 is 0 Å². The maximum absolute atomic E-state index is 5.05. The second-order valence-corrected chi connectivity index (χ2v) is 13.0. The summed E-state index contributed by atoms with van der Waals surface area (Å²) in [5.74, 6) is 1.26. The monoisotopic (exact) mass is 642 g/mol. The lowest BCUT2D eigenvalue weighted by Gasteiger charge is -2.26. The zero-order chi connectivity index (χ0) is 33.4. The Labute approximate surface area is 291 Å². The maximum atomic E-state index is 5.05. The molecular formula is C46H34N4. The quantitative estimate of drug-likeness (QED) is 0.181. The van der Waals surface area contributed by atoms with Gasteiger partial charge in [0.2, 0.25) is 0 Å². The third-order valence-corrected chi connectivity index (χ3v) is 9.82. The molecule has 4 heteroatoms. The summed E-state index contributed by atoms with van der Waals surface area (Å²) in [7, 11) is 0. The molecule has 2 heterocycles. The zero-order valence-corrected chi connectivity index (χ0v) is 27.7. The number of allylic oxidation sites excluding steroid dienone is 4. The highest BCUT2D eigenvalue weighted by Gasteiger charge is 2.23. The fourth-order valence-electron chi connectivity index (χ4n) is 7.30. The van der Waals surface area contributed by atoms with E-state index >= 15 is 0 Å². The molecule has 0 saturated carbocycles. The number of benzene rings is 6. The Balaban J connectivity index is 1.08. The molecule has 238 valence electrons. The molecule has 0 bridgehead atoms. The number of hydrogen-bond donors (Lipinski definition) is 0. The van der Waals surface area contributed by atoms with E-state index in [9.17, 15) is 0 Å². The van der Waals surface area contributed by atoms with Crippen molar-refractivity contribution in [1.82, 2.24) is 19.5 Å². The molecule has 0 spiro atoms. The van der Waals surface area contributed by atoms with Gasteiger partial charge in [-0.2, -0.15) is 0 Å². The molecule has 0 amide bonds. The first kappa shape index (κ1) is 29.7. The summed E-state index contributed by atoms with van der Waals surface area (Å²) in [5.41, 5.74) is 12.0. The van der Waals surface area contributed by atoms with Crippen LogP contribution in [-0.4, -0.2) is 19.5 Å². The van der Waals surface area contributed by atoms with Crippen molar-refractivity contribution in [1.29, 1.82) is 0 Å². The van der Waals surface area contributed by atoms with Gasteiger partial charge in [0.25, 0.3) is 0 Å². The molecule has 6 aromatic carbocycles. The minimum Gasteiger partial charge on any atom is -0.299 e. The Morgan fingerprint density at radius 2 is 1.22 bits per heavy atom. The number of nitrogens with zero attached hydrogens (tertiary/aromatic N) is 4. The van der Waals surface area contributed by atoms with Gasteiger partial charge in [0.15, 0.2) is 5.82 Å². The highest BCUT2D eigenvalue weighted by atomic mass is 15.1. The van der Waals surface area contributed by atoms with Gasteiger partial charge < -0.3 is 0 Å². The summed E-state index contributed by atoms with van der Waals surface area (Å²) in [6.45, 7) is 2.32. The smallest absolute Gasteiger partial charge is 0.160 e. The van der Waals surface area contributed by atoms with E-state index in [1.807, 2.05) is 48.8 Å². The van der Waals surface area contributed by atoms with Gasteiger partial charge in [-0.1, -0.05) is 153 Å². The van der Waals surface area contributed by atoms with Gasteiger partial charge in [0.05, 0.1) is 22.4 Å².